The first kappa shape index (κ1) is 14.0. The van der Waals surface area contributed by atoms with E-state index in [0.29, 0.717) is 12.5 Å². The quantitative estimate of drug-likeness (QED) is 0.698. The van der Waals surface area contributed by atoms with Crippen LogP contribution in [0, 0.1) is 5.92 Å². The molecule has 2 rings (SSSR count). The molecule has 0 amide bonds. The number of nitrogens with one attached hydrogen (secondary N) is 2. The number of aromatic nitrogens is 2. The topological polar surface area (TPSA) is 79.1 Å². The molecule has 0 saturated carbocycles. The number of hydrogen-bond acceptors (Lipinski definition) is 6. The maximum absolute atomic E-state index is 5.46. The highest BCUT2D eigenvalue weighted by atomic mass is 15.1. The third-order valence-corrected chi connectivity index (χ3v) is 3.41. The summed E-state index contributed by atoms with van der Waals surface area (Å²) in [5.74, 6) is 2.40. The van der Waals surface area contributed by atoms with Crippen LogP contribution in [-0.2, 0) is 0 Å². The third kappa shape index (κ3) is 4.65. The molecule has 1 unspecified atom stereocenters. The fourth-order valence-corrected chi connectivity index (χ4v) is 2.44. The summed E-state index contributed by atoms with van der Waals surface area (Å²) < 4.78 is 0. The number of hydrogen-bond donors (Lipinski definition) is 3. The number of nitrogens with zero attached hydrogens (tertiary/aromatic N) is 3. The molecular formula is C13H24N6. The van der Waals surface area contributed by atoms with Gasteiger partial charge in [0.25, 0.3) is 0 Å². The lowest BCUT2D eigenvalue weighted by Crippen LogP contribution is -2.35. The second-order valence-corrected chi connectivity index (χ2v) is 5.16. The minimum absolute atomic E-state index is 0.598. The van der Waals surface area contributed by atoms with Gasteiger partial charge < -0.3 is 21.3 Å². The Morgan fingerprint density at radius 1 is 1.37 bits per heavy atom. The van der Waals surface area contributed by atoms with Gasteiger partial charge >= 0.3 is 0 Å². The molecular weight excluding hydrogens is 240 g/mol. The van der Waals surface area contributed by atoms with E-state index in [0.717, 1.165) is 31.3 Å². The molecule has 2 heterocycles. The van der Waals surface area contributed by atoms with Crippen molar-refractivity contribution in [1.29, 1.82) is 0 Å². The van der Waals surface area contributed by atoms with Gasteiger partial charge in [-0.1, -0.05) is 0 Å². The lowest BCUT2D eigenvalue weighted by Gasteiger charge is -2.29. The van der Waals surface area contributed by atoms with Crippen LogP contribution < -0.4 is 16.4 Å². The van der Waals surface area contributed by atoms with Gasteiger partial charge in [0.05, 0.1) is 0 Å². The van der Waals surface area contributed by atoms with E-state index in [4.69, 9.17) is 5.73 Å². The second-order valence-electron chi connectivity index (χ2n) is 5.16. The van der Waals surface area contributed by atoms with Crippen LogP contribution >= 0.6 is 0 Å². The Labute approximate surface area is 114 Å². The van der Waals surface area contributed by atoms with Crippen molar-refractivity contribution >= 4 is 11.6 Å². The van der Waals surface area contributed by atoms with E-state index >= 15 is 0 Å². The smallest absolute Gasteiger partial charge is 0.131 e. The Kier molecular flexibility index (Phi) is 5.35. The fourth-order valence-electron chi connectivity index (χ4n) is 2.44. The number of nitrogens with two attached hydrogens (primary N) is 1. The molecule has 0 aromatic carbocycles. The van der Waals surface area contributed by atoms with Crippen LogP contribution in [0.15, 0.2) is 12.4 Å². The Bertz CT molecular complexity index is 383. The van der Waals surface area contributed by atoms with Crippen molar-refractivity contribution < 1.29 is 0 Å². The molecule has 4 N–H and O–H groups in total. The van der Waals surface area contributed by atoms with Crippen molar-refractivity contribution in [2.45, 2.75) is 12.8 Å². The molecule has 1 aromatic rings. The SMILES string of the molecule is CN1CCCC(CNc2cc(NCCN)ncn2)C1. The largest absolute Gasteiger partial charge is 0.370 e. The summed E-state index contributed by atoms with van der Waals surface area (Å²) in [6.07, 6.45) is 4.16. The molecule has 6 nitrogen and oxygen atoms in total. The van der Waals surface area contributed by atoms with E-state index in [1.807, 2.05) is 6.07 Å². The van der Waals surface area contributed by atoms with Crippen LogP contribution in [0.4, 0.5) is 11.6 Å². The predicted octanol–water partition coefficient (Wildman–Crippen LogP) is 0.601. The first-order valence-electron chi connectivity index (χ1n) is 6.96. The van der Waals surface area contributed by atoms with Gasteiger partial charge in [-0.3, -0.25) is 0 Å². The van der Waals surface area contributed by atoms with Gasteiger partial charge in [0.15, 0.2) is 0 Å². The Hall–Kier alpha value is -1.40. The lowest BCUT2D eigenvalue weighted by atomic mass is 9.98. The molecule has 6 heteroatoms. The number of anilines is 2. The summed E-state index contributed by atoms with van der Waals surface area (Å²) in [4.78, 5) is 10.8. The van der Waals surface area contributed by atoms with E-state index in [1.54, 1.807) is 6.33 Å². The van der Waals surface area contributed by atoms with Crippen LogP contribution in [0.2, 0.25) is 0 Å². The Morgan fingerprint density at radius 3 is 2.89 bits per heavy atom. The first-order chi connectivity index (χ1) is 9.28. The summed E-state index contributed by atoms with van der Waals surface area (Å²) in [6, 6.07) is 1.93. The monoisotopic (exact) mass is 264 g/mol. The summed E-state index contributed by atoms with van der Waals surface area (Å²) in [5, 5.41) is 6.56. The first-order valence-corrected chi connectivity index (χ1v) is 6.96. The van der Waals surface area contributed by atoms with E-state index in [-0.39, 0.29) is 0 Å². The number of piperidine rings is 1. The predicted molar refractivity (Wildman–Crippen MR) is 78.3 cm³/mol. The van der Waals surface area contributed by atoms with Gasteiger partial charge in [-0.15, -0.1) is 0 Å². The molecule has 1 aliphatic rings. The van der Waals surface area contributed by atoms with Gasteiger partial charge in [0, 0.05) is 32.2 Å². The fraction of sp³-hybridized carbons (Fsp3) is 0.692. The van der Waals surface area contributed by atoms with Crippen LogP contribution in [0.25, 0.3) is 0 Å². The third-order valence-electron chi connectivity index (χ3n) is 3.41. The summed E-state index contributed by atoms with van der Waals surface area (Å²) in [5.41, 5.74) is 5.46. The van der Waals surface area contributed by atoms with Crippen LogP contribution in [0.5, 0.6) is 0 Å². The molecule has 1 saturated heterocycles. The van der Waals surface area contributed by atoms with Crippen LogP contribution in [-0.4, -0.2) is 54.6 Å². The van der Waals surface area contributed by atoms with Gasteiger partial charge in [0.1, 0.15) is 18.0 Å². The molecule has 0 spiro atoms. The molecule has 106 valence electrons. The van der Waals surface area contributed by atoms with Crippen molar-refractivity contribution in [2.24, 2.45) is 11.7 Å². The van der Waals surface area contributed by atoms with Crippen LogP contribution in [0.3, 0.4) is 0 Å². The molecule has 1 atom stereocenters. The highest BCUT2D eigenvalue weighted by molar-refractivity contribution is 5.46. The molecule has 0 bridgehead atoms. The zero-order valence-corrected chi connectivity index (χ0v) is 11.6. The molecule has 0 radical (unpaired) electrons. The maximum atomic E-state index is 5.46. The van der Waals surface area contributed by atoms with Gasteiger partial charge in [-0.05, 0) is 32.4 Å². The van der Waals surface area contributed by atoms with Gasteiger partial charge in [0.2, 0.25) is 0 Å². The van der Waals surface area contributed by atoms with Gasteiger partial charge in [-0.2, -0.15) is 0 Å². The van der Waals surface area contributed by atoms with Crippen molar-refractivity contribution in [1.82, 2.24) is 14.9 Å². The van der Waals surface area contributed by atoms with Crippen molar-refractivity contribution in [3.8, 4) is 0 Å². The van der Waals surface area contributed by atoms with E-state index in [1.165, 1.54) is 19.4 Å². The average molecular weight is 264 g/mol. The van der Waals surface area contributed by atoms with E-state index in [9.17, 15) is 0 Å². The normalized spacial score (nSPS) is 20.2. The molecule has 1 aliphatic heterocycles. The molecule has 1 aromatic heterocycles. The standard InChI is InChI=1S/C13H24N6/c1-19-6-2-3-11(9-19)8-16-13-7-12(15-5-4-14)17-10-18-13/h7,10-11H,2-6,8-9,14H2,1H3,(H2,15,16,17,18). The molecule has 0 aliphatic carbocycles. The van der Waals surface area contributed by atoms with Crippen molar-refractivity contribution in [3.63, 3.8) is 0 Å². The van der Waals surface area contributed by atoms with Crippen molar-refractivity contribution in [3.05, 3.63) is 12.4 Å². The Balaban J connectivity index is 1.81. The maximum Gasteiger partial charge on any atom is 0.131 e. The van der Waals surface area contributed by atoms with Crippen LogP contribution in [0.1, 0.15) is 12.8 Å². The average Bonchev–Trinajstić information content (AvgIpc) is 2.43. The van der Waals surface area contributed by atoms with Gasteiger partial charge in [-0.25, -0.2) is 9.97 Å². The highest BCUT2D eigenvalue weighted by Crippen LogP contribution is 2.16. The minimum Gasteiger partial charge on any atom is -0.370 e. The van der Waals surface area contributed by atoms with Crippen molar-refractivity contribution in [2.75, 3.05) is 50.4 Å². The zero-order chi connectivity index (χ0) is 13.5. The second kappa shape index (κ2) is 7.25. The lowest BCUT2D eigenvalue weighted by molar-refractivity contribution is 0.217. The number of likely N-dealkylation sites (tertiary alicyclic amines) is 1. The van der Waals surface area contributed by atoms with E-state index in [2.05, 4.69) is 32.5 Å². The summed E-state index contributed by atoms with van der Waals surface area (Å²) in [6.45, 7) is 4.68. The van der Waals surface area contributed by atoms with E-state index < -0.39 is 0 Å². The highest BCUT2D eigenvalue weighted by Gasteiger charge is 2.16. The minimum atomic E-state index is 0.598. The molecule has 19 heavy (non-hydrogen) atoms. The Morgan fingerprint density at radius 2 is 2.16 bits per heavy atom. The number of rotatable bonds is 6. The summed E-state index contributed by atoms with van der Waals surface area (Å²) in [7, 11) is 2.19. The zero-order valence-electron chi connectivity index (χ0n) is 11.6. The summed E-state index contributed by atoms with van der Waals surface area (Å²) >= 11 is 0. The molecule has 1 fully saturated rings.